The maximum Gasteiger partial charge on any atom is 0.326 e. The van der Waals surface area contributed by atoms with Crippen molar-refractivity contribution in [2.24, 2.45) is 22.9 Å². The maximum absolute atomic E-state index is 12.8. The molecule has 17 heteroatoms. The summed E-state index contributed by atoms with van der Waals surface area (Å²) in [5, 5.41) is 24.4. The molecular weight excluding hydrogens is 474 g/mol. The summed E-state index contributed by atoms with van der Waals surface area (Å²) in [7, 11) is 0. The highest BCUT2D eigenvalue weighted by molar-refractivity contribution is 5.96. The summed E-state index contributed by atoms with van der Waals surface area (Å²) >= 11 is 0. The van der Waals surface area contributed by atoms with Gasteiger partial charge in [0, 0.05) is 12.8 Å². The lowest BCUT2D eigenvalue weighted by molar-refractivity contribution is -0.144. The minimum Gasteiger partial charge on any atom is -0.481 e. The first-order valence-corrected chi connectivity index (χ1v) is 10.1. The zero-order chi connectivity index (χ0) is 27.3. The van der Waals surface area contributed by atoms with Crippen molar-refractivity contribution in [1.82, 2.24) is 16.0 Å². The molecule has 0 bridgehead atoms. The summed E-state index contributed by atoms with van der Waals surface area (Å²) in [6, 6.07) is -6.33. The molecule has 0 fully saturated rings. The number of nitrogens with two attached hydrogens (primary N) is 4. The summed E-state index contributed by atoms with van der Waals surface area (Å²) in [4.78, 5) is 92.9. The first-order chi connectivity index (χ1) is 16.1. The number of nitrogens with one attached hydrogen (secondary N) is 3. The number of amides is 6. The van der Waals surface area contributed by atoms with E-state index in [2.05, 4.69) is 10.6 Å². The molecule has 0 aliphatic rings. The standard InChI is InChI=1S/C18H29N7O10/c19-7(5-12(21)27)15(31)23-8(1-3-11(20)26)16(32)24-9(2-4-14(29)30)17(33)25-10(18(34)35)6-13(22)28/h7-10H,1-6,19H2,(H2,20,26)(H2,21,27)(H2,22,28)(H,23,31)(H,24,32)(H,25,33)(H,29,30)(H,34,35). The number of hydrogen-bond acceptors (Lipinski definition) is 9. The molecule has 4 atom stereocenters. The van der Waals surface area contributed by atoms with Gasteiger partial charge in [-0.25, -0.2) is 4.79 Å². The van der Waals surface area contributed by atoms with E-state index < -0.39 is 104 Å². The molecule has 0 aromatic carbocycles. The molecular formula is C18H29N7O10. The van der Waals surface area contributed by atoms with Gasteiger partial charge in [-0.2, -0.15) is 0 Å². The largest absolute Gasteiger partial charge is 0.481 e. The van der Waals surface area contributed by atoms with Crippen molar-refractivity contribution < 1.29 is 48.6 Å². The average Bonchev–Trinajstić information content (AvgIpc) is 2.71. The number of primary amides is 3. The van der Waals surface area contributed by atoms with Crippen molar-refractivity contribution in [3.8, 4) is 0 Å². The Morgan fingerprint density at radius 3 is 1.43 bits per heavy atom. The molecule has 196 valence electrons. The number of carbonyl (C=O) groups excluding carboxylic acids is 6. The van der Waals surface area contributed by atoms with E-state index in [9.17, 15) is 38.4 Å². The smallest absolute Gasteiger partial charge is 0.326 e. The molecule has 0 rings (SSSR count). The topological polar surface area (TPSA) is 317 Å². The Morgan fingerprint density at radius 1 is 0.600 bits per heavy atom. The van der Waals surface area contributed by atoms with E-state index in [4.69, 9.17) is 33.1 Å². The van der Waals surface area contributed by atoms with Crippen molar-refractivity contribution in [2.45, 2.75) is 62.7 Å². The molecule has 0 aliphatic heterocycles. The predicted molar refractivity (Wildman–Crippen MR) is 114 cm³/mol. The fourth-order valence-electron chi connectivity index (χ4n) is 2.63. The maximum atomic E-state index is 12.8. The lowest BCUT2D eigenvalue weighted by atomic mass is 10.1. The highest BCUT2D eigenvalue weighted by Gasteiger charge is 2.31. The second-order valence-electron chi connectivity index (χ2n) is 7.41. The number of carboxylic acids is 2. The van der Waals surface area contributed by atoms with Crippen molar-refractivity contribution in [2.75, 3.05) is 0 Å². The molecule has 0 heterocycles. The van der Waals surface area contributed by atoms with Gasteiger partial charge in [-0.05, 0) is 12.8 Å². The molecule has 0 aliphatic carbocycles. The van der Waals surface area contributed by atoms with Crippen molar-refractivity contribution in [1.29, 1.82) is 0 Å². The average molecular weight is 503 g/mol. The molecule has 0 spiro atoms. The highest BCUT2D eigenvalue weighted by atomic mass is 16.4. The van der Waals surface area contributed by atoms with Crippen LogP contribution in [0.15, 0.2) is 0 Å². The Morgan fingerprint density at radius 2 is 1.03 bits per heavy atom. The molecule has 17 nitrogen and oxygen atoms in total. The lowest BCUT2D eigenvalue weighted by Crippen LogP contribution is -2.57. The van der Waals surface area contributed by atoms with Crippen LogP contribution in [0.5, 0.6) is 0 Å². The van der Waals surface area contributed by atoms with E-state index in [1.165, 1.54) is 0 Å². The van der Waals surface area contributed by atoms with Gasteiger partial charge in [0.15, 0.2) is 0 Å². The van der Waals surface area contributed by atoms with E-state index in [0.717, 1.165) is 0 Å². The fourth-order valence-corrected chi connectivity index (χ4v) is 2.63. The van der Waals surface area contributed by atoms with Crippen molar-refractivity contribution >= 4 is 47.4 Å². The van der Waals surface area contributed by atoms with Gasteiger partial charge in [0.2, 0.25) is 35.4 Å². The zero-order valence-electron chi connectivity index (χ0n) is 18.5. The molecule has 0 radical (unpaired) electrons. The first kappa shape index (κ1) is 30.7. The molecule has 6 amide bonds. The minimum absolute atomic E-state index is 0.358. The number of carbonyl (C=O) groups is 8. The SMILES string of the molecule is NC(=O)CCC(NC(=O)C(N)CC(N)=O)C(=O)NC(CCC(=O)O)C(=O)NC(CC(N)=O)C(=O)O. The summed E-state index contributed by atoms with van der Waals surface area (Å²) < 4.78 is 0. The number of rotatable bonds is 17. The van der Waals surface area contributed by atoms with Crippen LogP contribution in [0.3, 0.4) is 0 Å². The van der Waals surface area contributed by atoms with Gasteiger partial charge in [-0.15, -0.1) is 0 Å². The van der Waals surface area contributed by atoms with Gasteiger partial charge < -0.3 is 49.1 Å². The second kappa shape index (κ2) is 14.8. The Balaban J connectivity index is 5.67. The summed E-state index contributed by atoms with van der Waals surface area (Å²) in [5.74, 6) is -8.97. The molecule has 35 heavy (non-hydrogen) atoms. The Hall–Kier alpha value is -4.28. The third-order valence-corrected chi connectivity index (χ3v) is 4.37. The third kappa shape index (κ3) is 13.1. The fraction of sp³-hybridized carbons (Fsp3) is 0.556. The summed E-state index contributed by atoms with van der Waals surface area (Å²) in [6.07, 6.45) is -3.23. The number of aliphatic carboxylic acids is 2. The minimum atomic E-state index is -1.76. The van der Waals surface area contributed by atoms with Crippen LogP contribution in [0.2, 0.25) is 0 Å². The van der Waals surface area contributed by atoms with Gasteiger partial charge in [0.1, 0.15) is 18.1 Å². The van der Waals surface area contributed by atoms with E-state index in [1.807, 2.05) is 5.32 Å². The van der Waals surface area contributed by atoms with Gasteiger partial charge in [0.25, 0.3) is 0 Å². The second-order valence-corrected chi connectivity index (χ2v) is 7.41. The van der Waals surface area contributed by atoms with Crippen LogP contribution in [-0.2, 0) is 38.4 Å². The van der Waals surface area contributed by atoms with Gasteiger partial charge >= 0.3 is 11.9 Å². The molecule has 0 saturated heterocycles. The Kier molecular flexibility index (Phi) is 13.0. The normalized spacial score (nSPS) is 13.9. The lowest BCUT2D eigenvalue weighted by Gasteiger charge is -2.24. The van der Waals surface area contributed by atoms with Crippen LogP contribution in [-0.4, -0.2) is 81.8 Å². The summed E-state index contributed by atoms with van der Waals surface area (Å²) in [5.41, 5.74) is 20.5. The van der Waals surface area contributed by atoms with Crippen LogP contribution < -0.4 is 38.9 Å². The van der Waals surface area contributed by atoms with Crippen LogP contribution in [0.25, 0.3) is 0 Å². The number of carboxylic acid groups (broad SMARTS) is 2. The highest BCUT2D eigenvalue weighted by Crippen LogP contribution is 2.05. The quantitative estimate of drug-likeness (QED) is 0.0902. The molecule has 0 aromatic heterocycles. The Bertz CT molecular complexity index is 863. The molecule has 0 aromatic rings. The van der Waals surface area contributed by atoms with E-state index in [-0.39, 0.29) is 6.42 Å². The molecule has 4 unspecified atom stereocenters. The van der Waals surface area contributed by atoms with Crippen LogP contribution in [0.4, 0.5) is 0 Å². The predicted octanol–water partition coefficient (Wildman–Crippen LogP) is -5.27. The Labute approximate surface area is 198 Å². The molecule has 0 saturated carbocycles. The van der Waals surface area contributed by atoms with Gasteiger partial charge in [0.05, 0.1) is 18.9 Å². The first-order valence-electron chi connectivity index (χ1n) is 10.1. The van der Waals surface area contributed by atoms with Crippen molar-refractivity contribution in [3.63, 3.8) is 0 Å². The van der Waals surface area contributed by atoms with Gasteiger partial charge in [-0.3, -0.25) is 33.6 Å². The van der Waals surface area contributed by atoms with E-state index >= 15 is 0 Å². The third-order valence-electron chi connectivity index (χ3n) is 4.37. The van der Waals surface area contributed by atoms with Crippen molar-refractivity contribution in [3.05, 3.63) is 0 Å². The van der Waals surface area contributed by atoms with Crippen LogP contribution >= 0.6 is 0 Å². The van der Waals surface area contributed by atoms with E-state index in [0.29, 0.717) is 0 Å². The monoisotopic (exact) mass is 503 g/mol. The molecule has 13 N–H and O–H groups in total. The summed E-state index contributed by atoms with van der Waals surface area (Å²) in [6.45, 7) is 0. The van der Waals surface area contributed by atoms with Gasteiger partial charge in [-0.1, -0.05) is 0 Å². The zero-order valence-corrected chi connectivity index (χ0v) is 18.5. The van der Waals surface area contributed by atoms with E-state index in [1.54, 1.807) is 0 Å². The van der Waals surface area contributed by atoms with Crippen LogP contribution in [0.1, 0.15) is 38.5 Å². The van der Waals surface area contributed by atoms with Crippen LogP contribution in [0, 0.1) is 0 Å². The number of hydrogen-bond donors (Lipinski definition) is 9.